The maximum absolute atomic E-state index is 4.44. The monoisotopic (exact) mass is 219 g/mol. The molecule has 1 saturated carbocycles. The minimum Gasteiger partial charge on any atom is -0.357 e. The van der Waals surface area contributed by atoms with Gasteiger partial charge in [-0.3, -0.25) is 0 Å². The van der Waals surface area contributed by atoms with Gasteiger partial charge < -0.3 is 10.2 Å². The third-order valence-corrected chi connectivity index (χ3v) is 3.24. The quantitative estimate of drug-likeness (QED) is 0.824. The molecule has 1 atom stereocenters. The van der Waals surface area contributed by atoms with Crippen molar-refractivity contribution in [3.63, 3.8) is 0 Å². The lowest BCUT2D eigenvalue weighted by atomic mass is 10.1. The third-order valence-electron chi connectivity index (χ3n) is 3.24. The summed E-state index contributed by atoms with van der Waals surface area (Å²) < 4.78 is 0. The van der Waals surface area contributed by atoms with E-state index in [9.17, 15) is 0 Å². The van der Waals surface area contributed by atoms with E-state index in [0.717, 1.165) is 18.4 Å². The van der Waals surface area contributed by atoms with Gasteiger partial charge in [-0.1, -0.05) is 6.92 Å². The molecule has 0 aromatic carbocycles. The molecule has 1 aliphatic rings. The van der Waals surface area contributed by atoms with Gasteiger partial charge in [-0.2, -0.15) is 0 Å². The molecule has 1 fully saturated rings. The molecule has 1 aromatic rings. The largest absolute Gasteiger partial charge is 0.357 e. The zero-order valence-corrected chi connectivity index (χ0v) is 10.4. The van der Waals surface area contributed by atoms with Gasteiger partial charge in [0.2, 0.25) is 0 Å². The van der Waals surface area contributed by atoms with Crippen molar-refractivity contribution < 1.29 is 0 Å². The molecule has 16 heavy (non-hydrogen) atoms. The van der Waals surface area contributed by atoms with Crippen molar-refractivity contribution in [2.75, 3.05) is 18.5 Å². The van der Waals surface area contributed by atoms with Crippen LogP contribution in [0.5, 0.6) is 0 Å². The molecule has 1 aromatic heterocycles. The van der Waals surface area contributed by atoms with E-state index in [1.807, 2.05) is 6.20 Å². The van der Waals surface area contributed by atoms with Crippen LogP contribution in [-0.2, 0) is 0 Å². The second-order valence-corrected chi connectivity index (χ2v) is 4.57. The highest BCUT2D eigenvalue weighted by Crippen LogP contribution is 2.29. The molecule has 0 radical (unpaired) electrons. The predicted molar refractivity (Wildman–Crippen MR) is 67.8 cm³/mol. The summed E-state index contributed by atoms with van der Waals surface area (Å²) >= 11 is 0. The number of pyridine rings is 1. The minimum atomic E-state index is 0.402. The Bertz CT molecular complexity index is 347. The summed E-state index contributed by atoms with van der Waals surface area (Å²) in [6.45, 7) is 5.33. The topological polar surface area (TPSA) is 28.2 Å². The van der Waals surface area contributed by atoms with Crippen molar-refractivity contribution >= 4 is 5.82 Å². The van der Waals surface area contributed by atoms with Gasteiger partial charge in [0.15, 0.2) is 0 Å². The van der Waals surface area contributed by atoms with Crippen LogP contribution >= 0.6 is 0 Å². The SMILES string of the molecule is CCNC(C)c1ccnc(N(C)C2CC2)c1. The van der Waals surface area contributed by atoms with Crippen molar-refractivity contribution in [2.45, 2.75) is 38.8 Å². The van der Waals surface area contributed by atoms with Crippen LogP contribution in [0.15, 0.2) is 18.3 Å². The van der Waals surface area contributed by atoms with Crippen molar-refractivity contribution in [1.29, 1.82) is 0 Å². The Morgan fingerprint density at radius 3 is 2.94 bits per heavy atom. The number of nitrogens with one attached hydrogen (secondary N) is 1. The molecular formula is C13H21N3. The first-order valence-corrected chi connectivity index (χ1v) is 6.14. The number of anilines is 1. The summed E-state index contributed by atoms with van der Waals surface area (Å²) in [7, 11) is 2.14. The van der Waals surface area contributed by atoms with Crippen LogP contribution in [0.2, 0.25) is 0 Å². The molecular weight excluding hydrogens is 198 g/mol. The van der Waals surface area contributed by atoms with E-state index in [4.69, 9.17) is 0 Å². The van der Waals surface area contributed by atoms with Gasteiger partial charge in [-0.25, -0.2) is 4.98 Å². The maximum atomic E-state index is 4.44. The number of rotatable bonds is 5. The predicted octanol–water partition coefficient (Wildman–Crippen LogP) is 2.35. The molecule has 0 aliphatic heterocycles. The Morgan fingerprint density at radius 2 is 2.31 bits per heavy atom. The molecule has 88 valence electrons. The number of hydrogen-bond donors (Lipinski definition) is 1. The standard InChI is InChI=1S/C13H21N3/c1-4-14-10(2)11-7-8-15-13(9-11)16(3)12-5-6-12/h7-10,12,14H,4-6H2,1-3H3. The van der Waals surface area contributed by atoms with Crippen molar-refractivity contribution in [3.05, 3.63) is 23.9 Å². The first-order valence-electron chi connectivity index (χ1n) is 6.14. The fourth-order valence-electron chi connectivity index (χ4n) is 1.97. The Morgan fingerprint density at radius 1 is 1.56 bits per heavy atom. The van der Waals surface area contributed by atoms with Crippen molar-refractivity contribution in [3.8, 4) is 0 Å². The van der Waals surface area contributed by atoms with Crippen LogP contribution in [0.4, 0.5) is 5.82 Å². The number of aromatic nitrogens is 1. The molecule has 1 unspecified atom stereocenters. The van der Waals surface area contributed by atoms with E-state index in [2.05, 4.69) is 48.2 Å². The summed E-state index contributed by atoms with van der Waals surface area (Å²) in [4.78, 5) is 6.74. The van der Waals surface area contributed by atoms with Crippen LogP contribution in [-0.4, -0.2) is 24.6 Å². The van der Waals surface area contributed by atoms with E-state index >= 15 is 0 Å². The number of hydrogen-bond acceptors (Lipinski definition) is 3. The Labute approximate surface area is 97.9 Å². The lowest BCUT2D eigenvalue weighted by Gasteiger charge is -2.19. The molecule has 3 nitrogen and oxygen atoms in total. The van der Waals surface area contributed by atoms with E-state index in [1.165, 1.54) is 18.4 Å². The molecule has 1 N–H and O–H groups in total. The molecule has 0 spiro atoms. The molecule has 2 rings (SSSR count). The first kappa shape index (κ1) is 11.4. The Balaban J connectivity index is 2.11. The van der Waals surface area contributed by atoms with Crippen molar-refractivity contribution in [2.24, 2.45) is 0 Å². The lowest BCUT2D eigenvalue weighted by Crippen LogP contribution is -2.22. The molecule has 0 saturated heterocycles. The molecule has 1 heterocycles. The highest BCUT2D eigenvalue weighted by atomic mass is 15.2. The summed E-state index contributed by atoms with van der Waals surface area (Å²) in [5.74, 6) is 1.10. The van der Waals surface area contributed by atoms with Gasteiger partial charge in [-0.05, 0) is 44.0 Å². The van der Waals surface area contributed by atoms with Crippen LogP contribution in [0.3, 0.4) is 0 Å². The number of nitrogens with zero attached hydrogens (tertiary/aromatic N) is 2. The second kappa shape index (κ2) is 4.83. The van der Waals surface area contributed by atoms with Gasteiger partial charge in [-0.15, -0.1) is 0 Å². The van der Waals surface area contributed by atoms with Gasteiger partial charge in [0, 0.05) is 25.3 Å². The average Bonchev–Trinajstić information content (AvgIpc) is 3.12. The normalized spacial score (nSPS) is 17.2. The van der Waals surface area contributed by atoms with E-state index in [-0.39, 0.29) is 0 Å². The maximum Gasteiger partial charge on any atom is 0.128 e. The van der Waals surface area contributed by atoms with E-state index < -0.39 is 0 Å². The molecule has 3 heteroatoms. The van der Waals surface area contributed by atoms with E-state index in [1.54, 1.807) is 0 Å². The highest BCUT2D eigenvalue weighted by molar-refractivity contribution is 5.43. The van der Waals surface area contributed by atoms with Crippen LogP contribution in [0.1, 0.15) is 38.3 Å². The van der Waals surface area contributed by atoms with Crippen molar-refractivity contribution in [1.82, 2.24) is 10.3 Å². The minimum absolute atomic E-state index is 0.402. The van der Waals surface area contributed by atoms with Gasteiger partial charge in [0.1, 0.15) is 5.82 Å². The highest BCUT2D eigenvalue weighted by Gasteiger charge is 2.27. The van der Waals surface area contributed by atoms with Crippen LogP contribution < -0.4 is 10.2 Å². The molecule has 0 amide bonds. The van der Waals surface area contributed by atoms with Crippen LogP contribution in [0.25, 0.3) is 0 Å². The zero-order chi connectivity index (χ0) is 11.5. The summed E-state index contributed by atoms with van der Waals surface area (Å²) in [6, 6.07) is 5.42. The summed E-state index contributed by atoms with van der Waals surface area (Å²) in [6.07, 6.45) is 4.54. The fraction of sp³-hybridized carbons (Fsp3) is 0.615. The van der Waals surface area contributed by atoms with Crippen LogP contribution in [0, 0.1) is 0 Å². The smallest absolute Gasteiger partial charge is 0.128 e. The van der Waals surface area contributed by atoms with E-state index in [0.29, 0.717) is 6.04 Å². The van der Waals surface area contributed by atoms with Gasteiger partial charge in [0.05, 0.1) is 0 Å². The Hall–Kier alpha value is -1.09. The third kappa shape index (κ3) is 2.53. The lowest BCUT2D eigenvalue weighted by molar-refractivity contribution is 0.597. The van der Waals surface area contributed by atoms with Gasteiger partial charge >= 0.3 is 0 Å². The first-order chi connectivity index (χ1) is 7.72. The van der Waals surface area contributed by atoms with Gasteiger partial charge in [0.25, 0.3) is 0 Å². The summed E-state index contributed by atoms with van der Waals surface area (Å²) in [5.41, 5.74) is 1.32. The zero-order valence-electron chi connectivity index (χ0n) is 10.4. The Kier molecular flexibility index (Phi) is 3.44. The molecule has 1 aliphatic carbocycles. The average molecular weight is 219 g/mol. The fourth-order valence-corrected chi connectivity index (χ4v) is 1.97. The molecule has 0 bridgehead atoms. The second-order valence-electron chi connectivity index (χ2n) is 4.57. The summed E-state index contributed by atoms with van der Waals surface area (Å²) in [5, 5.41) is 3.43.